The van der Waals surface area contributed by atoms with Crippen molar-refractivity contribution in [2.45, 2.75) is 32.5 Å². The van der Waals surface area contributed by atoms with Crippen LogP contribution in [0.4, 0.5) is 5.69 Å². The van der Waals surface area contributed by atoms with Gasteiger partial charge in [0.1, 0.15) is 0 Å². The van der Waals surface area contributed by atoms with Crippen LogP contribution in [0.3, 0.4) is 0 Å². The molecule has 0 radical (unpaired) electrons. The number of carbonyl (C=O) groups is 1. The summed E-state index contributed by atoms with van der Waals surface area (Å²) in [5.74, 6) is 2.06. The van der Waals surface area contributed by atoms with Crippen molar-refractivity contribution in [3.8, 4) is 17.3 Å². The predicted octanol–water partition coefficient (Wildman–Crippen LogP) is 5.07. The predicted molar refractivity (Wildman–Crippen MR) is 123 cm³/mol. The molecule has 1 N–H and O–H groups in total. The fourth-order valence-corrected chi connectivity index (χ4v) is 4.24. The number of nitrogens with zero attached hydrogens (tertiary/aromatic N) is 3. The van der Waals surface area contributed by atoms with Gasteiger partial charge in [0.2, 0.25) is 11.7 Å². The minimum Gasteiger partial charge on any atom is -0.493 e. The van der Waals surface area contributed by atoms with Crippen LogP contribution in [0.5, 0.6) is 5.75 Å². The minimum absolute atomic E-state index is 0.0855. The van der Waals surface area contributed by atoms with Crippen molar-refractivity contribution in [2.75, 3.05) is 18.2 Å². The van der Waals surface area contributed by atoms with E-state index in [4.69, 9.17) is 9.15 Å². The molecule has 160 valence electrons. The largest absolute Gasteiger partial charge is 0.493 e. The molecule has 7 nitrogen and oxygen atoms in total. The van der Waals surface area contributed by atoms with Crippen LogP contribution >= 0.6 is 11.8 Å². The first-order chi connectivity index (χ1) is 15.0. The summed E-state index contributed by atoms with van der Waals surface area (Å²) in [6.45, 7) is 6.67. The number of hydrogen-bond donors (Lipinski definition) is 1. The maximum absolute atomic E-state index is 12.5. The van der Waals surface area contributed by atoms with E-state index in [1.54, 1.807) is 7.11 Å². The minimum atomic E-state index is -0.0855. The summed E-state index contributed by atoms with van der Waals surface area (Å²) in [6.07, 6.45) is 0. The van der Waals surface area contributed by atoms with Gasteiger partial charge < -0.3 is 14.5 Å². The molecule has 0 fully saturated rings. The van der Waals surface area contributed by atoms with Crippen molar-refractivity contribution < 1.29 is 13.9 Å². The van der Waals surface area contributed by atoms with Gasteiger partial charge in [0.25, 0.3) is 0 Å². The number of benzene rings is 2. The Kier molecular flexibility index (Phi) is 5.99. The van der Waals surface area contributed by atoms with Gasteiger partial charge in [-0.1, -0.05) is 41.6 Å². The third kappa shape index (κ3) is 4.29. The summed E-state index contributed by atoms with van der Waals surface area (Å²) < 4.78 is 13.3. The summed E-state index contributed by atoms with van der Waals surface area (Å²) in [5, 5.41) is 13.2. The number of ether oxygens (including phenoxy) is 1. The van der Waals surface area contributed by atoms with Gasteiger partial charge in [0.05, 0.1) is 12.9 Å². The Labute approximate surface area is 184 Å². The van der Waals surface area contributed by atoms with Gasteiger partial charge >= 0.3 is 0 Å². The molecule has 2 heterocycles. The highest BCUT2D eigenvalue weighted by molar-refractivity contribution is 7.99. The van der Waals surface area contributed by atoms with E-state index < -0.39 is 0 Å². The van der Waals surface area contributed by atoms with E-state index in [0.29, 0.717) is 34.6 Å². The number of carbonyl (C=O) groups excluding carboxylic acids is 1. The molecule has 0 saturated heterocycles. The van der Waals surface area contributed by atoms with Crippen LogP contribution in [-0.4, -0.2) is 33.5 Å². The Hall–Kier alpha value is -3.26. The zero-order valence-electron chi connectivity index (χ0n) is 17.9. The molecule has 2 aromatic carbocycles. The van der Waals surface area contributed by atoms with Crippen molar-refractivity contribution >= 4 is 34.3 Å². The molecule has 0 aliphatic heterocycles. The number of methoxy groups -OCH3 is 1. The Morgan fingerprint density at radius 3 is 2.77 bits per heavy atom. The van der Waals surface area contributed by atoms with Gasteiger partial charge in [-0.15, -0.1) is 10.2 Å². The Morgan fingerprint density at radius 2 is 2.03 bits per heavy atom. The summed E-state index contributed by atoms with van der Waals surface area (Å²) >= 11 is 1.35. The standard InChI is InChI=1S/C23H24N4O3S/c1-5-27-22(19-12-16-7-6-8-18(29-4)21(16)30-19)25-26-23(27)31-13-20(28)24-17-10-9-14(2)11-15(17)3/h6-12H,5,13H2,1-4H3,(H,24,28). The smallest absolute Gasteiger partial charge is 0.234 e. The van der Waals surface area contributed by atoms with Gasteiger partial charge in [0, 0.05) is 17.6 Å². The highest BCUT2D eigenvalue weighted by Gasteiger charge is 2.19. The number of amides is 1. The average Bonchev–Trinajstić information content (AvgIpc) is 3.37. The molecule has 1 amide bonds. The van der Waals surface area contributed by atoms with Crippen LogP contribution in [0.15, 0.2) is 52.0 Å². The maximum atomic E-state index is 12.5. The first kappa shape index (κ1) is 21.0. The van der Waals surface area contributed by atoms with E-state index in [-0.39, 0.29) is 11.7 Å². The van der Waals surface area contributed by atoms with Gasteiger partial charge in [-0.2, -0.15) is 0 Å². The van der Waals surface area contributed by atoms with E-state index in [9.17, 15) is 4.79 Å². The van der Waals surface area contributed by atoms with Crippen LogP contribution < -0.4 is 10.1 Å². The lowest BCUT2D eigenvalue weighted by atomic mass is 10.1. The van der Waals surface area contributed by atoms with Crippen molar-refractivity contribution in [3.05, 3.63) is 53.6 Å². The molecule has 0 spiro atoms. The number of aryl methyl sites for hydroxylation is 2. The normalized spacial score (nSPS) is 11.1. The quantitative estimate of drug-likeness (QED) is 0.408. The van der Waals surface area contributed by atoms with Crippen LogP contribution in [-0.2, 0) is 11.3 Å². The molecule has 8 heteroatoms. The Morgan fingerprint density at radius 1 is 1.19 bits per heavy atom. The molecule has 31 heavy (non-hydrogen) atoms. The number of aromatic nitrogens is 3. The lowest BCUT2D eigenvalue weighted by molar-refractivity contribution is -0.113. The molecular formula is C23H24N4O3S. The summed E-state index contributed by atoms with van der Waals surface area (Å²) in [5.41, 5.74) is 3.70. The average molecular weight is 437 g/mol. The number of rotatable bonds is 7. The lowest BCUT2D eigenvalue weighted by Crippen LogP contribution is -2.15. The van der Waals surface area contributed by atoms with E-state index >= 15 is 0 Å². The molecule has 0 bridgehead atoms. The summed E-state index contributed by atoms with van der Waals surface area (Å²) in [4.78, 5) is 12.5. The fraction of sp³-hybridized carbons (Fsp3) is 0.261. The second-order valence-electron chi connectivity index (χ2n) is 7.19. The molecular weight excluding hydrogens is 412 g/mol. The van der Waals surface area contributed by atoms with Gasteiger partial charge in [0.15, 0.2) is 22.2 Å². The number of furan rings is 1. The van der Waals surface area contributed by atoms with E-state index in [0.717, 1.165) is 22.2 Å². The molecule has 2 aromatic heterocycles. The van der Waals surface area contributed by atoms with Crippen LogP contribution in [0.25, 0.3) is 22.6 Å². The number of fused-ring (bicyclic) bond motifs is 1. The van der Waals surface area contributed by atoms with Crippen LogP contribution in [0.2, 0.25) is 0 Å². The number of anilines is 1. The highest BCUT2D eigenvalue weighted by atomic mass is 32.2. The molecule has 0 unspecified atom stereocenters. The number of para-hydroxylation sites is 1. The van der Waals surface area contributed by atoms with E-state index in [1.165, 1.54) is 11.8 Å². The third-order valence-electron chi connectivity index (χ3n) is 4.97. The van der Waals surface area contributed by atoms with Crippen LogP contribution in [0, 0.1) is 13.8 Å². The van der Waals surface area contributed by atoms with Gasteiger partial charge in [-0.25, -0.2) is 0 Å². The molecule has 4 rings (SSSR count). The summed E-state index contributed by atoms with van der Waals surface area (Å²) in [7, 11) is 1.61. The van der Waals surface area contributed by atoms with Crippen molar-refractivity contribution in [3.63, 3.8) is 0 Å². The number of nitrogens with one attached hydrogen (secondary N) is 1. The monoisotopic (exact) mass is 436 g/mol. The van der Waals surface area contributed by atoms with E-state index in [2.05, 4.69) is 15.5 Å². The zero-order chi connectivity index (χ0) is 22.0. The first-order valence-corrected chi connectivity index (χ1v) is 11.0. The highest BCUT2D eigenvalue weighted by Crippen LogP contribution is 2.33. The molecule has 0 saturated carbocycles. The number of thioether (sulfide) groups is 1. The SMILES string of the molecule is CCn1c(SCC(=O)Nc2ccc(C)cc2C)nnc1-c1cc2cccc(OC)c2o1. The Bertz CT molecular complexity index is 1250. The zero-order valence-corrected chi connectivity index (χ0v) is 18.7. The van der Waals surface area contributed by atoms with Crippen molar-refractivity contribution in [2.24, 2.45) is 0 Å². The topological polar surface area (TPSA) is 82.2 Å². The maximum Gasteiger partial charge on any atom is 0.234 e. The van der Waals surface area contributed by atoms with Crippen LogP contribution in [0.1, 0.15) is 18.1 Å². The Balaban J connectivity index is 1.51. The summed E-state index contributed by atoms with van der Waals surface area (Å²) in [6, 6.07) is 13.6. The molecule has 4 aromatic rings. The fourth-order valence-electron chi connectivity index (χ4n) is 3.44. The second-order valence-corrected chi connectivity index (χ2v) is 8.14. The first-order valence-electron chi connectivity index (χ1n) is 10.00. The lowest BCUT2D eigenvalue weighted by Gasteiger charge is -2.09. The van der Waals surface area contributed by atoms with Gasteiger partial charge in [-0.05, 0) is 44.5 Å². The van der Waals surface area contributed by atoms with Crippen molar-refractivity contribution in [1.29, 1.82) is 0 Å². The molecule has 0 atom stereocenters. The van der Waals surface area contributed by atoms with Crippen molar-refractivity contribution in [1.82, 2.24) is 14.8 Å². The molecule has 0 aliphatic carbocycles. The van der Waals surface area contributed by atoms with E-state index in [1.807, 2.05) is 67.8 Å². The molecule has 0 aliphatic rings. The van der Waals surface area contributed by atoms with Gasteiger partial charge in [-0.3, -0.25) is 9.36 Å². The second kappa shape index (κ2) is 8.85. The third-order valence-corrected chi connectivity index (χ3v) is 5.94. The number of hydrogen-bond acceptors (Lipinski definition) is 6.